The van der Waals surface area contributed by atoms with E-state index >= 15 is 0 Å². The number of rotatable bonds is 8. The van der Waals surface area contributed by atoms with Gasteiger partial charge in [0, 0.05) is 11.1 Å². The molecule has 0 atom stereocenters. The molecule has 4 aromatic carbocycles. The highest BCUT2D eigenvalue weighted by molar-refractivity contribution is 5.70. The third-order valence-corrected chi connectivity index (χ3v) is 6.14. The summed E-state index contributed by atoms with van der Waals surface area (Å²) in [6, 6.07) is 42.3. The van der Waals surface area contributed by atoms with Crippen molar-refractivity contribution in [3.8, 4) is 22.5 Å². The second-order valence-electron chi connectivity index (χ2n) is 8.52. The van der Waals surface area contributed by atoms with Gasteiger partial charge in [0.05, 0.1) is 11.4 Å². The Morgan fingerprint density at radius 1 is 0.382 bits per heavy atom. The number of hydrogen-bond donors (Lipinski definition) is 0. The van der Waals surface area contributed by atoms with E-state index in [4.69, 9.17) is 9.97 Å². The lowest BCUT2D eigenvalue weighted by Gasteiger charge is -2.17. The van der Waals surface area contributed by atoms with Crippen LogP contribution in [0.4, 0.5) is 0 Å². The highest BCUT2D eigenvalue weighted by Crippen LogP contribution is 2.30. The number of aromatic nitrogens is 2. The lowest BCUT2D eigenvalue weighted by Crippen LogP contribution is -2.08. The van der Waals surface area contributed by atoms with Crippen molar-refractivity contribution in [1.29, 1.82) is 0 Å². The minimum absolute atomic E-state index is 0.811. The third kappa shape index (κ3) is 5.29. The summed E-state index contributed by atoms with van der Waals surface area (Å²) in [5.41, 5.74) is 8.32. The number of hydrogen-bond acceptors (Lipinski definition) is 2. The minimum atomic E-state index is 0.811. The van der Waals surface area contributed by atoms with E-state index in [9.17, 15) is 0 Å². The first-order valence-corrected chi connectivity index (χ1v) is 12.0. The summed E-state index contributed by atoms with van der Waals surface area (Å²) in [7, 11) is 0. The minimum Gasteiger partial charge on any atom is -0.232 e. The summed E-state index contributed by atoms with van der Waals surface area (Å²) in [6.45, 7) is 0. The first-order valence-electron chi connectivity index (χ1n) is 12.0. The van der Waals surface area contributed by atoms with Crippen LogP contribution < -0.4 is 0 Å². The standard InChI is InChI=1S/C32H28N2/c1-5-13-25(14-6-1)21-23-29-31(27-17-9-3-10-18-27)30(24-22-26-15-7-2-8-16-26)34-32(33-29)28-19-11-4-12-20-28/h1-20H,21-24H2. The van der Waals surface area contributed by atoms with Crippen molar-refractivity contribution >= 4 is 0 Å². The highest BCUT2D eigenvalue weighted by atomic mass is 14.9. The molecule has 34 heavy (non-hydrogen) atoms. The van der Waals surface area contributed by atoms with Gasteiger partial charge >= 0.3 is 0 Å². The first kappa shape index (κ1) is 21.8. The lowest BCUT2D eigenvalue weighted by molar-refractivity contribution is 0.862. The summed E-state index contributed by atoms with van der Waals surface area (Å²) in [5.74, 6) is 0.811. The summed E-state index contributed by atoms with van der Waals surface area (Å²) >= 11 is 0. The van der Waals surface area contributed by atoms with E-state index in [1.54, 1.807) is 0 Å². The quantitative estimate of drug-likeness (QED) is 0.251. The highest BCUT2D eigenvalue weighted by Gasteiger charge is 2.17. The van der Waals surface area contributed by atoms with Gasteiger partial charge < -0.3 is 0 Å². The van der Waals surface area contributed by atoms with E-state index in [0.717, 1.165) is 48.5 Å². The van der Waals surface area contributed by atoms with Gasteiger partial charge in [-0.05, 0) is 42.4 Å². The first-order chi connectivity index (χ1) is 16.9. The molecular formula is C32H28N2. The largest absolute Gasteiger partial charge is 0.232 e. The predicted molar refractivity (Wildman–Crippen MR) is 141 cm³/mol. The van der Waals surface area contributed by atoms with Crippen LogP contribution >= 0.6 is 0 Å². The van der Waals surface area contributed by atoms with Gasteiger partial charge in [-0.1, -0.05) is 121 Å². The van der Waals surface area contributed by atoms with Crippen LogP contribution in [-0.4, -0.2) is 9.97 Å². The van der Waals surface area contributed by atoms with Crippen molar-refractivity contribution in [2.75, 3.05) is 0 Å². The molecular weight excluding hydrogens is 412 g/mol. The zero-order valence-electron chi connectivity index (χ0n) is 19.3. The maximum Gasteiger partial charge on any atom is 0.159 e. The predicted octanol–water partition coefficient (Wildman–Crippen LogP) is 7.38. The SMILES string of the molecule is c1ccc(CCc2nc(-c3ccccc3)nc(CCc3ccccc3)c2-c2ccccc2)cc1. The number of nitrogens with zero attached hydrogens (tertiary/aromatic N) is 2. The van der Waals surface area contributed by atoms with Crippen molar-refractivity contribution < 1.29 is 0 Å². The fourth-order valence-corrected chi connectivity index (χ4v) is 4.39. The molecule has 5 rings (SSSR count). The monoisotopic (exact) mass is 440 g/mol. The van der Waals surface area contributed by atoms with E-state index in [1.165, 1.54) is 22.3 Å². The Hall–Kier alpha value is -4.04. The molecule has 0 amide bonds. The van der Waals surface area contributed by atoms with Gasteiger partial charge in [-0.25, -0.2) is 9.97 Å². The van der Waals surface area contributed by atoms with Crippen molar-refractivity contribution in [3.05, 3.63) is 144 Å². The molecule has 0 N–H and O–H groups in total. The Labute approximate surface area is 202 Å². The average Bonchev–Trinajstić information content (AvgIpc) is 2.92. The van der Waals surface area contributed by atoms with Gasteiger partial charge in [-0.2, -0.15) is 0 Å². The molecule has 5 aromatic rings. The van der Waals surface area contributed by atoms with Crippen molar-refractivity contribution in [2.24, 2.45) is 0 Å². The summed E-state index contributed by atoms with van der Waals surface area (Å²) in [4.78, 5) is 10.3. The Kier molecular flexibility index (Phi) is 6.87. The number of aryl methyl sites for hydroxylation is 4. The summed E-state index contributed by atoms with van der Waals surface area (Å²) < 4.78 is 0. The van der Waals surface area contributed by atoms with Gasteiger partial charge in [0.15, 0.2) is 5.82 Å². The van der Waals surface area contributed by atoms with Gasteiger partial charge in [0.1, 0.15) is 0 Å². The van der Waals surface area contributed by atoms with E-state index in [-0.39, 0.29) is 0 Å². The van der Waals surface area contributed by atoms with Crippen LogP contribution in [0.3, 0.4) is 0 Å². The van der Waals surface area contributed by atoms with Gasteiger partial charge in [-0.3, -0.25) is 0 Å². The molecule has 1 aromatic heterocycles. The molecule has 0 aliphatic heterocycles. The Morgan fingerprint density at radius 2 is 0.765 bits per heavy atom. The lowest BCUT2D eigenvalue weighted by atomic mass is 9.94. The second-order valence-corrected chi connectivity index (χ2v) is 8.52. The molecule has 0 unspecified atom stereocenters. The molecule has 0 saturated heterocycles. The Balaban J connectivity index is 1.60. The molecule has 2 heteroatoms. The Morgan fingerprint density at radius 3 is 1.21 bits per heavy atom. The fourth-order valence-electron chi connectivity index (χ4n) is 4.39. The summed E-state index contributed by atoms with van der Waals surface area (Å²) in [6.07, 6.45) is 3.64. The van der Waals surface area contributed by atoms with E-state index in [1.807, 2.05) is 6.07 Å². The maximum atomic E-state index is 5.14. The fraction of sp³-hybridized carbons (Fsp3) is 0.125. The molecule has 0 aliphatic rings. The maximum absolute atomic E-state index is 5.14. The topological polar surface area (TPSA) is 25.8 Å². The van der Waals surface area contributed by atoms with Crippen LogP contribution in [0.5, 0.6) is 0 Å². The van der Waals surface area contributed by atoms with E-state index < -0.39 is 0 Å². The van der Waals surface area contributed by atoms with Gasteiger partial charge in [0.2, 0.25) is 0 Å². The van der Waals surface area contributed by atoms with Gasteiger partial charge in [0.25, 0.3) is 0 Å². The van der Waals surface area contributed by atoms with Crippen molar-refractivity contribution in [2.45, 2.75) is 25.7 Å². The van der Waals surface area contributed by atoms with Crippen LogP contribution in [0.2, 0.25) is 0 Å². The van der Waals surface area contributed by atoms with Gasteiger partial charge in [-0.15, -0.1) is 0 Å². The van der Waals surface area contributed by atoms with Crippen LogP contribution in [-0.2, 0) is 25.7 Å². The van der Waals surface area contributed by atoms with Crippen LogP contribution in [0.1, 0.15) is 22.5 Å². The molecule has 0 spiro atoms. The second kappa shape index (κ2) is 10.7. The van der Waals surface area contributed by atoms with Crippen LogP contribution in [0.25, 0.3) is 22.5 Å². The summed E-state index contributed by atoms with van der Waals surface area (Å²) in [5, 5.41) is 0. The molecule has 166 valence electrons. The van der Waals surface area contributed by atoms with Crippen molar-refractivity contribution in [1.82, 2.24) is 9.97 Å². The molecule has 1 heterocycles. The van der Waals surface area contributed by atoms with Crippen molar-refractivity contribution in [3.63, 3.8) is 0 Å². The van der Waals surface area contributed by atoms with Crippen LogP contribution in [0, 0.1) is 0 Å². The zero-order chi connectivity index (χ0) is 23.0. The average molecular weight is 441 g/mol. The third-order valence-electron chi connectivity index (χ3n) is 6.14. The molecule has 0 aliphatic carbocycles. The zero-order valence-corrected chi connectivity index (χ0v) is 19.3. The smallest absolute Gasteiger partial charge is 0.159 e. The van der Waals surface area contributed by atoms with E-state index in [2.05, 4.69) is 115 Å². The Bertz CT molecular complexity index is 1250. The molecule has 0 saturated carbocycles. The molecule has 0 fully saturated rings. The van der Waals surface area contributed by atoms with E-state index in [0.29, 0.717) is 0 Å². The molecule has 0 radical (unpaired) electrons. The normalized spacial score (nSPS) is 10.8. The van der Waals surface area contributed by atoms with Crippen LogP contribution in [0.15, 0.2) is 121 Å². The molecule has 0 bridgehead atoms. The number of benzene rings is 4. The molecule has 2 nitrogen and oxygen atoms in total.